The third kappa shape index (κ3) is 3.28. The Kier molecular flexibility index (Phi) is 4.57. The van der Waals surface area contributed by atoms with Crippen molar-refractivity contribution in [1.82, 2.24) is 0 Å². The Morgan fingerprint density at radius 3 is 1.62 bits per heavy atom. The first-order valence-corrected chi connectivity index (χ1v) is 9.11. The summed E-state index contributed by atoms with van der Waals surface area (Å²) in [6.45, 7) is 1.94. The Bertz CT molecular complexity index is 813. The highest BCUT2D eigenvalue weighted by Gasteiger charge is 2.57. The van der Waals surface area contributed by atoms with Gasteiger partial charge in [0.2, 0.25) is 0 Å². The quantitative estimate of drug-likeness (QED) is 0.573. The van der Waals surface area contributed by atoms with Gasteiger partial charge in [-0.1, -0.05) is 91.0 Å². The molecule has 0 saturated heterocycles. The van der Waals surface area contributed by atoms with Crippen molar-refractivity contribution in [2.24, 2.45) is 5.92 Å². The molecule has 3 aromatic carbocycles. The van der Waals surface area contributed by atoms with E-state index in [1.807, 2.05) is 73.7 Å². The second kappa shape index (κ2) is 7.17. The first kappa shape index (κ1) is 16.6. The highest BCUT2D eigenvalue weighted by Crippen LogP contribution is 2.61. The van der Waals surface area contributed by atoms with Crippen molar-refractivity contribution < 1.29 is 9.53 Å². The zero-order valence-electron chi connectivity index (χ0n) is 14.8. The van der Waals surface area contributed by atoms with E-state index in [1.54, 1.807) is 0 Å². The molecule has 0 N–H and O–H groups in total. The molecule has 0 amide bonds. The van der Waals surface area contributed by atoms with E-state index < -0.39 is 0 Å². The van der Waals surface area contributed by atoms with Crippen molar-refractivity contribution in [1.29, 1.82) is 0 Å². The minimum absolute atomic E-state index is 0.107. The zero-order chi connectivity index (χ0) is 17.9. The Balaban J connectivity index is 1.56. The molecule has 4 rings (SSSR count). The molecule has 130 valence electrons. The van der Waals surface area contributed by atoms with Gasteiger partial charge in [-0.2, -0.15) is 0 Å². The minimum atomic E-state index is -0.239. The second-order valence-corrected chi connectivity index (χ2v) is 6.89. The lowest BCUT2D eigenvalue weighted by atomic mass is 10.0. The van der Waals surface area contributed by atoms with E-state index in [2.05, 4.69) is 24.3 Å². The lowest BCUT2D eigenvalue weighted by Gasteiger charge is -2.13. The maximum Gasteiger partial charge on any atom is 0.310 e. The molecule has 0 unspecified atom stereocenters. The van der Waals surface area contributed by atoms with Gasteiger partial charge < -0.3 is 4.74 Å². The monoisotopic (exact) mass is 342 g/mol. The van der Waals surface area contributed by atoms with Crippen LogP contribution in [0.3, 0.4) is 0 Å². The van der Waals surface area contributed by atoms with Crippen LogP contribution in [0.5, 0.6) is 0 Å². The van der Waals surface area contributed by atoms with E-state index in [-0.39, 0.29) is 29.8 Å². The van der Waals surface area contributed by atoms with E-state index >= 15 is 0 Å². The van der Waals surface area contributed by atoms with Gasteiger partial charge in [-0.3, -0.25) is 4.79 Å². The summed E-state index contributed by atoms with van der Waals surface area (Å²) < 4.78 is 5.82. The van der Waals surface area contributed by atoms with Gasteiger partial charge in [0, 0.05) is 11.8 Å². The fourth-order valence-corrected chi connectivity index (χ4v) is 3.83. The molecule has 0 spiro atoms. The summed E-state index contributed by atoms with van der Waals surface area (Å²) in [6.07, 6.45) is -0.239. The molecular formula is C24H22O2. The van der Waals surface area contributed by atoms with Crippen molar-refractivity contribution >= 4 is 5.97 Å². The maximum atomic E-state index is 12.9. The van der Waals surface area contributed by atoms with Crippen LogP contribution in [0.1, 0.15) is 41.6 Å². The largest absolute Gasteiger partial charge is 0.458 e. The molecule has 0 radical (unpaired) electrons. The number of carbonyl (C=O) groups excluding carboxylic acids is 1. The third-order valence-corrected chi connectivity index (χ3v) is 5.22. The summed E-state index contributed by atoms with van der Waals surface area (Å²) >= 11 is 0. The first-order valence-electron chi connectivity index (χ1n) is 9.11. The molecule has 2 heteroatoms. The van der Waals surface area contributed by atoms with Crippen LogP contribution >= 0.6 is 0 Å². The first-order chi connectivity index (χ1) is 12.8. The topological polar surface area (TPSA) is 26.3 Å². The molecule has 2 nitrogen and oxygen atoms in total. The van der Waals surface area contributed by atoms with Gasteiger partial charge in [0.1, 0.15) is 6.10 Å². The van der Waals surface area contributed by atoms with E-state index in [1.165, 1.54) is 11.1 Å². The molecule has 0 aromatic heterocycles. The molecule has 26 heavy (non-hydrogen) atoms. The predicted molar refractivity (Wildman–Crippen MR) is 103 cm³/mol. The van der Waals surface area contributed by atoms with Crippen molar-refractivity contribution in [2.45, 2.75) is 24.9 Å². The van der Waals surface area contributed by atoms with Gasteiger partial charge >= 0.3 is 5.97 Å². The van der Waals surface area contributed by atoms with Crippen LogP contribution in [-0.2, 0) is 9.53 Å². The van der Waals surface area contributed by atoms with Gasteiger partial charge in [-0.05, 0) is 23.6 Å². The van der Waals surface area contributed by atoms with Gasteiger partial charge in [-0.15, -0.1) is 0 Å². The summed E-state index contributed by atoms with van der Waals surface area (Å²) in [7, 11) is 0. The van der Waals surface area contributed by atoms with Crippen molar-refractivity contribution in [2.75, 3.05) is 0 Å². The summed E-state index contributed by atoms with van der Waals surface area (Å²) in [5, 5.41) is 0. The normalized spacial score (nSPS) is 22.4. The fraction of sp³-hybridized carbons (Fsp3) is 0.208. The van der Waals surface area contributed by atoms with Crippen LogP contribution in [0.15, 0.2) is 91.0 Å². The van der Waals surface area contributed by atoms with E-state index in [0.717, 1.165) is 5.56 Å². The smallest absolute Gasteiger partial charge is 0.310 e. The number of carbonyl (C=O) groups is 1. The van der Waals surface area contributed by atoms with E-state index in [0.29, 0.717) is 0 Å². The second-order valence-electron chi connectivity index (χ2n) is 6.89. The number of hydrogen-bond acceptors (Lipinski definition) is 2. The molecule has 0 bridgehead atoms. The lowest BCUT2D eigenvalue weighted by molar-refractivity contribution is -0.150. The maximum absolute atomic E-state index is 12.9. The highest BCUT2D eigenvalue weighted by molar-refractivity contribution is 5.80. The lowest BCUT2D eigenvalue weighted by Crippen LogP contribution is -2.12. The number of esters is 1. The van der Waals surface area contributed by atoms with Gasteiger partial charge in [0.05, 0.1) is 5.92 Å². The van der Waals surface area contributed by atoms with Gasteiger partial charge in [0.25, 0.3) is 0 Å². The summed E-state index contributed by atoms with van der Waals surface area (Å²) in [4.78, 5) is 12.9. The minimum Gasteiger partial charge on any atom is -0.458 e. The predicted octanol–water partition coefficient (Wildman–Crippen LogP) is 5.49. The SMILES string of the molecule is C[C@H](OC(=O)C1[C@H](c2ccccc2)[C@H]1c1ccccc1)c1ccccc1. The molecule has 0 aliphatic heterocycles. The van der Waals surface area contributed by atoms with Crippen LogP contribution < -0.4 is 0 Å². The number of rotatable bonds is 5. The van der Waals surface area contributed by atoms with Crippen LogP contribution in [0.2, 0.25) is 0 Å². The Morgan fingerprint density at radius 2 is 1.15 bits per heavy atom. The van der Waals surface area contributed by atoms with E-state index in [4.69, 9.17) is 4.74 Å². The fourth-order valence-electron chi connectivity index (χ4n) is 3.83. The van der Waals surface area contributed by atoms with Gasteiger partial charge in [-0.25, -0.2) is 0 Å². The number of ether oxygens (including phenoxy) is 1. The molecular weight excluding hydrogens is 320 g/mol. The Hall–Kier alpha value is -2.87. The molecule has 0 heterocycles. The average molecular weight is 342 g/mol. The van der Waals surface area contributed by atoms with Crippen molar-refractivity contribution in [3.05, 3.63) is 108 Å². The highest BCUT2D eigenvalue weighted by atomic mass is 16.5. The van der Waals surface area contributed by atoms with Crippen LogP contribution in [0, 0.1) is 5.92 Å². The van der Waals surface area contributed by atoms with Crippen LogP contribution in [0.25, 0.3) is 0 Å². The molecule has 1 aliphatic rings. The Morgan fingerprint density at radius 1 is 0.731 bits per heavy atom. The molecule has 1 aliphatic carbocycles. The zero-order valence-corrected chi connectivity index (χ0v) is 14.8. The van der Waals surface area contributed by atoms with Crippen molar-refractivity contribution in [3.63, 3.8) is 0 Å². The average Bonchev–Trinajstić information content (AvgIpc) is 3.46. The van der Waals surface area contributed by atoms with Gasteiger partial charge in [0.15, 0.2) is 0 Å². The summed E-state index contributed by atoms with van der Waals surface area (Å²) in [5.41, 5.74) is 3.43. The standard InChI is InChI=1S/C24H22O2/c1-17(18-11-5-2-6-12-18)26-24(25)23-21(19-13-7-3-8-14-19)22(23)20-15-9-4-10-16-20/h2-17,21-23H,1H3/t17-,21+,22+/m0/s1. The summed E-state index contributed by atoms with van der Waals surface area (Å²) in [6, 6.07) is 30.5. The van der Waals surface area contributed by atoms with Crippen molar-refractivity contribution in [3.8, 4) is 0 Å². The molecule has 3 atom stereocenters. The van der Waals surface area contributed by atoms with E-state index in [9.17, 15) is 4.79 Å². The summed E-state index contributed by atoms with van der Waals surface area (Å²) in [5.74, 6) is 0.151. The molecule has 1 fully saturated rings. The third-order valence-electron chi connectivity index (χ3n) is 5.22. The van der Waals surface area contributed by atoms with Crippen LogP contribution in [-0.4, -0.2) is 5.97 Å². The number of hydrogen-bond donors (Lipinski definition) is 0. The van der Waals surface area contributed by atoms with Crippen LogP contribution in [0.4, 0.5) is 0 Å². The molecule has 3 aromatic rings. The molecule has 1 saturated carbocycles. The Labute approximate surface area is 154 Å². The number of benzene rings is 3.